The zero-order chi connectivity index (χ0) is 17.8. The summed E-state index contributed by atoms with van der Waals surface area (Å²) in [5.74, 6) is -1.44. The van der Waals surface area contributed by atoms with Crippen molar-refractivity contribution in [3.63, 3.8) is 0 Å². The number of hydrogen-bond acceptors (Lipinski definition) is 3. The lowest BCUT2D eigenvalue weighted by molar-refractivity contribution is -0.143. The predicted molar refractivity (Wildman–Crippen MR) is 94.9 cm³/mol. The zero-order valence-electron chi connectivity index (χ0n) is 13.9. The zero-order valence-corrected chi connectivity index (χ0v) is 13.9. The van der Waals surface area contributed by atoms with Gasteiger partial charge in [-0.05, 0) is 35.7 Å². The molecule has 2 aromatic rings. The van der Waals surface area contributed by atoms with E-state index in [1.807, 2.05) is 24.3 Å². The van der Waals surface area contributed by atoms with Crippen molar-refractivity contribution in [1.82, 2.24) is 4.90 Å². The Balaban J connectivity index is 1.66. The normalized spacial score (nSPS) is 12.9. The molecule has 3 rings (SSSR count). The number of fused-ring (bicyclic) bond motifs is 1. The van der Waals surface area contributed by atoms with Gasteiger partial charge in [0.1, 0.15) is 0 Å². The number of nitrogens with one attached hydrogen (secondary N) is 2. The fourth-order valence-corrected chi connectivity index (χ4v) is 2.88. The third-order valence-corrected chi connectivity index (χ3v) is 4.05. The minimum Gasteiger partial charge on any atom is -0.330 e. The Hall–Kier alpha value is -3.15. The summed E-state index contributed by atoms with van der Waals surface area (Å²) in [5.41, 5.74) is 3.31. The first-order valence-electron chi connectivity index (χ1n) is 8.07. The summed E-state index contributed by atoms with van der Waals surface area (Å²) in [6.07, 6.45) is 0.743. The van der Waals surface area contributed by atoms with Crippen molar-refractivity contribution in [2.24, 2.45) is 0 Å². The van der Waals surface area contributed by atoms with Gasteiger partial charge in [0, 0.05) is 31.4 Å². The van der Waals surface area contributed by atoms with Crippen LogP contribution >= 0.6 is 0 Å². The summed E-state index contributed by atoms with van der Waals surface area (Å²) < 4.78 is 0. The van der Waals surface area contributed by atoms with Crippen molar-refractivity contribution in [3.05, 3.63) is 59.7 Å². The Morgan fingerprint density at radius 1 is 0.920 bits per heavy atom. The molecule has 2 N–H and O–H groups in total. The maximum absolute atomic E-state index is 12.4. The molecule has 0 bridgehead atoms. The molecule has 25 heavy (non-hydrogen) atoms. The monoisotopic (exact) mass is 337 g/mol. The standard InChI is InChI=1S/C19H19N3O3/c1-13(23)20-16-7-4-8-17(11-16)21-18(24)19(25)22-10-9-14-5-2-3-6-15(14)12-22/h2-8,11H,9-10,12H2,1H3,(H,20,23)(H,21,24). The van der Waals surface area contributed by atoms with E-state index in [4.69, 9.17) is 0 Å². The van der Waals surface area contributed by atoms with Crippen LogP contribution in [0.4, 0.5) is 11.4 Å². The molecule has 0 atom stereocenters. The van der Waals surface area contributed by atoms with Crippen LogP contribution in [-0.4, -0.2) is 29.2 Å². The number of amides is 3. The molecule has 0 aromatic heterocycles. The quantitative estimate of drug-likeness (QED) is 0.825. The van der Waals surface area contributed by atoms with Crippen LogP contribution in [0.15, 0.2) is 48.5 Å². The topological polar surface area (TPSA) is 78.5 Å². The Morgan fingerprint density at radius 2 is 1.60 bits per heavy atom. The van der Waals surface area contributed by atoms with Gasteiger partial charge in [0.2, 0.25) is 5.91 Å². The second-order valence-electron chi connectivity index (χ2n) is 5.96. The lowest BCUT2D eigenvalue weighted by Gasteiger charge is -2.28. The number of carbonyl (C=O) groups excluding carboxylic acids is 3. The molecule has 0 saturated carbocycles. The van der Waals surface area contributed by atoms with Crippen molar-refractivity contribution in [2.45, 2.75) is 19.9 Å². The highest BCUT2D eigenvalue weighted by atomic mass is 16.2. The fraction of sp³-hybridized carbons (Fsp3) is 0.211. The molecule has 0 saturated heterocycles. The molecular formula is C19H19N3O3. The summed E-state index contributed by atoms with van der Waals surface area (Å²) in [5, 5.41) is 5.23. The number of hydrogen-bond donors (Lipinski definition) is 2. The highest BCUT2D eigenvalue weighted by Crippen LogP contribution is 2.19. The van der Waals surface area contributed by atoms with E-state index in [1.54, 1.807) is 29.2 Å². The molecule has 0 spiro atoms. The SMILES string of the molecule is CC(=O)Nc1cccc(NC(=O)C(=O)N2CCc3ccccc3C2)c1. The average Bonchev–Trinajstić information content (AvgIpc) is 2.60. The first-order chi connectivity index (χ1) is 12.0. The van der Waals surface area contributed by atoms with Gasteiger partial charge in [-0.2, -0.15) is 0 Å². The van der Waals surface area contributed by atoms with Crippen LogP contribution in [0.25, 0.3) is 0 Å². The highest BCUT2D eigenvalue weighted by molar-refractivity contribution is 6.39. The molecular weight excluding hydrogens is 318 g/mol. The smallest absolute Gasteiger partial charge is 0.313 e. The third-order valence-electron chi connectivity index (χ3n) is 4.05. The van der Waals surface area contributed by atoms with Crippen molar-refractivity contribution >= 4 is 29.1 Å². The number of benzene rings is 2. The van der Waals surface area contributed by atoms with Gasteiger partial charge >= 0.3 is 11.8 Å². The molecule has 1 aliphatic heterocycles. The Morgan fingerprint density at radius 3 is 2.32 bits per heavy atom. The minimum atomic E-state index is -0.681. The second kappa shape index (κ2) is 7.17. The maximum Gasteiger partial charge on any atom is 0.313 e. The van der Waals surface area contributed by atoms with Gasteiger partial charge < -0.3 is 15.5 Å². The summed E-state index contributed by atoms with van der Waals surface area (Å²) in [6, 6.07) is 14.6. The van der Waals surface area contributed by atoms with Crippen LogP contribution in [-0.2, 0) is 27.3 Å². The predicted octanol–water partition coefficient (Wildman–Crippen LogP) is 2.17. The Labute approximate surface area is 145 Å². The molecule has 1 heterocycles. The Bertz CT molecular complexity index is 832. The van der Waals surface area contributed by atoms with Crippen LogP contribution in [0.5, 0.6) is 0 Å². The van der Waals surface area contributed by atoms with Crippen molar-refractivity contribution in [2.75, 3.05) is 17.2 Å². The molecule has 0 aliphatic carbocycles. The van der Waals surface area contributed by atoms with Crippen LogP contribution in [0.1, 0.15) is 18.1 Å². The molecule has 6 nitrogen and oxygen atoms in total. The van der Waals surface area contributed by atoms with E-state index in [0.717, 1.165) is 12.0 Å². The molecule has 0 fully saturated rings. The molecule has 1 aliphatic rings. The molecule has 0 radical (unpaired) electrons. The third kappa shape index (κ3) is 4.03. The fourth-order valence-electron chi connectivity index (χ4n) is 2.88. The van der Waals surface area contributed by atoms with Crippen molar-refractivity contribution < 1.29 is 14.4 Å². The van der Waals surface area contributed by atoms with Gasteiger partial charge in [0.05, 0.1) is 0 Å². The minimum absolute atomic E-state index is 0.202. The van der Waals surface area contributed by atoms with Gasteiger partial charge in [0.15, 0.2) is 0 Å². The first-order valence-corrected chi connectivity index (χ1v) is 8.07. The van der Waals surface area contributed by atoms with Crippen molar-refractivity contribution in [1.29, 1.82) is 0 Å². The lowest BCUT2D eigenvalue weighted by Crippen LogP contribution is -2.42. The largest absolute Gasteiger partial charge is 0.330 e. The van der Waals surface area contributed by atoms with Gasteiger partial charge in [0.25, 0.3) is 0 Å². The summed E-state index contributed by atoms with van der Waals surface area (Å²) in [6.45, 7) is 2.37. The van der Waals surface area contributed by atoms with E-state index in [-0.39, 0.29) is 5.91 Å². The number of nitrogens with zero attached hydrogens (tertiary/aromatic N) is 1. The summed E-state index contributed by atoms with van der Waals surface area (Å²) in [7, 11) is 0. The van der Waals surface area contributed by atoms with Crippen LogP contribution < -0.4 is 10.6 Å². The van der Waals surface area contributed by atoms with Crippen molar-refractivity contribution in [3.8, 4) is 0 Å². The van der Waals surface area contributed by atoms with E-state index in [0.29, 0.717) is 24.5 Å². The summed E-state index contributed by atoms with van der Waals surface area (Å²) >= 11 is 0. The van der Waals surface area contributed by atoms with Gasteiger partial charge in [-0.3, -0.25) is 14.4 Å². The van der Waals surface area contributed by atoms with Gasteiger partial charge in [-0.15, -0.1) is 0 Å². The van der Waals surface area contributed by atoms with Crippen LogP contribution in [0.2, 0.25) is 0 Å². The average molecular weight is 337 g/mol. The maximum atomic E-state index is 12.4. The number of anilines is 2. The van der Waals surface area contributed by atoms with E-state index in [9.17, 15) is 14.4 Å². The van der Waals surface area contributed by atoms with Gasteiger partial charge in [-0.25, -0.2) is 0 Å². The van der Waals surface area contributed by atoms with Gasteiger partial charge in [-0.1, -0.05) is 30.3 Å². The summed E-state index contributed by atoms with van der Waals surface area (Å²) in [4.78, 5) is 37.3. The molecule has 2 aromatic carbocycles. The second-order valence-corrected chi connectivity index (χ2v) is 5.96. The first kappa shape index (κ1) is 16.7. The lowest BCUT2D eigenvalue weighted by atomic mass is 10.00. The Kier molecular flexibility index (Phi) is 4.79. The van der Waals surface area contributed by atoms with Crippen LogP contribution in [0.3, 0.4) is 0 Å². The number of rotatable bonds is 2. The van der Waals surface area contributed by atoms with E-state index < -0.39 is 11.8 Å². The van der Waals surface area contributed by atoms with E-state index in [1.165, 1.54) is 12.5 Å². The molecule has 3 amide bonds. The highest BCUT2D eigenvalue weighted by Gasteiger charge is 2.25. The number of carbonyl (C=O) groups is 3. The molecule has 128 valence electrons. The molecule has 6 heteroatoms. The van der Waals surface area contributed by atoms with E-state index >= 15 is 0 Å². The molecule has 0 unspecified atom stereocenters. The van der Waals surface area contributed by atoms with Crippen LogP contribution in [0, 0.1) is 0 Å². The van der Waals surface area contributed by atoms with E-state index in [2.05, 4.69) is 10.6 Å².